The highest BCUT2D eigenvalue weighted by atomic mass is 16.5. The van der Waals surface area contributed by atoms with Gasteiger partial charge >= 0.3 is 0 Å². The predicted octanol–water partition coefficient (Wildman–Crippen LogP) is 2.78. The molecule has 126 valence electrons. The molecule has 3 rings (SSSR count). The van der Waals surface area contributed by atoms with E-state index in [-0.39, 0.29) is 5.91 Å². The number of fused-ring (bicyclic) bond motifs is 1. The average molecular weight is 328 g/mol. The van der Waals surface area contributed by atoms with Gasteiger partial charge in [-0.2, -0.15) is 0 Å². The number of nitrogens with zero attached hydrogens (tertiary/aromatic N) is 1. The molecule has 6 heteroatoms. The monoisotopic (exact) mass is 328 g/mol. The summed E-state index contributed by atoms with van der Waals surface area (Å²) in [5.74, 6) is 1.66. The zero-order chi connectivity index (χ0) is 17.1. The highest BCUT2D eigenvalue weighted by Crippen LogP contribution is 2.33. The molecule has 2 aromatic rings. The third kappa shape index (κ3) is 3.22. The number of carbonyl (C=O) groups is 1. The number of hydrogen-bond donors (Lipinski definition) is 1. The van der Waals surface area contributed by atoms with Crippen LogP contribution >= 0.6 is 0 Å². The van der Waals surface area contributed by atoms with Crippen LogP contribution < -0.4 is 24.4 Å². The van der Waals surface area contributed by atoms with Crippen molar-refractivity contribution in [1.29, 1.82) is 0 Å². The fraction of sp³-hybridized carbons (Fsp3) is 0.278. The molecule has 1 aliphatic heterocycles. The van der Waals surface area contributed by atoms with Crippen LogP contribution in [-0.2, 0) is 0 Å². The van der Waals surface area contributed by atoms with Gasteiger partial charge in [0.2, 0.25) is 0 Å². The first-order chi connectivity index (χ1) is 11.6. The van der Waals surface area contributed by atoms with Gasteiger partial charge in [-0.05, 0) is 24.3 Å². The van der Waals surface area contributed by atoms with E-state index in [1.165, 1.54) is 0 Å². The van der Waals surface area contributed by atoms with E-state index in [1.54, 1.807) is 32.4 Å². The van der Waals surface area contributed by atoms with E-state index in [1.807, 2.05) is 25.2 Å². The Morgan fingerprint density at radius 2 is 1.83 bits per heavy atom. The zero-order valence-corrected chi connectivity index (χ0v) is 14.0. The number of carbonyl (C=O) groups excluding carboxylic acids is 1. The Balaban J connectivity index is 1.82. The van der Waals surface area contributed by atoms with Crippen molar-refractivity contribution < 1.29 is 19.0 Å². The van der Waals surface area contributed by atoms with Crippen LogP contribution in [0.4, 0.5) is 11.4 Å². The van der Waals surface area contributed by atoms with Gasteiger partial charge in [-0.15, -0.1) is 0 Å². The summed E-state index contributed by atoms with van der Waals surface area (Å²) in [4.78, 5) is 14.6. The molecule has 0 saturated heterocycles. The minimum Gasteiger partial charge on any atom is -0.497 e. The summed E-state index contributed by atoms with van der Waals surface area (Å²) >= 11 is 0. The van der Waals surface area contributed by atoms with E-state index in [4.69, 9.17) is 14.2 Å². The second-order valence-electron chi connectivity index (χ2n) is 5.51. The summed E-state index contributed by atoms with van der Waals surface area (Å²) in [5, 5.41) is 2.88. The summed E-state index contributed by atoms with van der Waals surface area (Å²) < 4.78 is 16.1. The minimum absolute atomic E-state index is 0.240. The maximum absolute atomic E-state index is 12.5. The second kappa shape index (κ2) is 6.70. The molecule has 0 unspecified atom stereocenters. The maximum Gasteiger partial charge on any atom is 0.255 e. The summed E-state index contributed by atoms with van der Waals surface area (Å²) in [6, 6.07) is 10.7. The van der Waals surface area contributed by atoms with Crippen molar-refractivity contribution >= 4 is 17.3 Å². The van der Waals surface area contributed by atoms with E-state index in [9.17, 15) is 4.79 Å². The molecule has 1 N–H and O–H groups in total. The number of amides is 1. The lowest BCUT2D eigenvalue weighted by Gasteiger charge is -2.28. The molecule has 0 radical (unpaired) electrons. The van der Waals surface area contributed by atoms with E-state index in [0.29, 0.717) is 29.4 Å². The highest BCUT2D eigenvalue weighted by Gasteiger charge is 2.16. The first-order valence-corrected chi connectivity index (χ1v) is 7.63. The normalized spacial score (nSPS) is 12.9. The molecule has 0 aromatic heterocycles. The Bertz CT molecular complexity index is 738. The van der Waals surface area contributed by atoms with Crippen molar-refractivity contribution in [3.05, 3.63) is 42.0 Å². The number of likely N-dealkylation sites (N-methyl/N-ethyl adjacent to an activating group) is 1. The van der Waals surface area contributed by atoms with Gasteiger partial charge in [0.05, 0.1) is 26.5 Å². The molecule has 1 amide bonds. The van der Waals surface area contributed by atoms with Gasteiger partial charge in [-0.1, -0.05) is 0 Å². The van der Waals surface area contributed by atoms with Gasteiger partial charge in [0.25, 0.3) is 5.91 Å². The summed E-state index contributed by atoms with van der Waals surface area (Å²) in [6.45, 7) is 1.48. The molecule has 1 aliphatic rings. The smallest absolute Gasteiger partial charge is 0.255 e. The van der Waals surface area contributed by atoms with Crippen molar-refractivity contribution in [2.45, 2.75) is 0 Å². The molecule has 6 nitrogen and oxygen atoms in total. The number of benzene rings is 2. The molecular weight excluding hydrogens is 308 g/mol. The van der Waals surface area contributed by atoms with Crippen LogP contribution in [0.25, 0.3) is 0 Å². The van der Waals surface area contributed by atoms with Crippen LogP contribution in [0.2, 0.25) is 0 Å². The van der Waals surface area contributed by atoms with E-state index in [2.05, 4.69) is 10.2 Å². The largest absolute Gasteiger partial charge is 0.497 e. The number of anilines is 2. The van der Waals surface area contributed by atoms with Gasteiger partial charge in [0.1, 0.15) is 23.9 Å². The Morgan fingerprint density at radius 3 is 2.50 bits per heavy atom. The maximum atomic E-state index is 12.5. The third-order valence-electron chi connectivity index (χ3n) is 3.93. The molecule has 0 aliphatic carbocycles. The third-order valence-corrected chi connectivity index (χ3v) is 3.93. The van der Waals surface area contributed by atoms with Crippen LogP contribution in [0.5, 0.6) is 17.2 Å². The van der Waals surface area contributed by atoms with Gasteiger partial charge < -0.3 is 24.4 Å². The second-order valence-corrected chi connectivity index (χ2v) is 5.51. The van der Waals surface area contributed by atoms with Gasteiger partial charge in [-0.3, -0.25) is 4.79 Å². The molecule has 2 aromatic carbocycles. The van der Waals surface area contributed by atoms with Crippen LogP contribution in [0.1, 0.15) is 10.4 Å². The lowest BCUT2D eigenvalue weighted by atomic mass is 10.1. The zero-order valence-electron chi connectivity index (χ0n) is 14.0. The van der Waals surface area contributed by atoms with E-state index < -0.39 is 0 Å². The van der Waals surface area contributed by atoms with Crippen LogP contribution in [0.15, 0.2) is 36.4 Å². The number of ether oxygens (including phenoxy) is 3. The minimum atomic E-state index is -0.240. The molecule has 0 fully saturated rings. The van der Waals surface area contributed by atoms with Crippen LogP contribution in [0, 0.1) is 0 Å². The molecule has 0 spiro atoms. The molecule has 0 saturated carbocycles. The lowest BCUT2D eigenvalue weighted by Crippen LogP contribution is -2.28. The van der Waals surface area contributed by atoms with Crippen molar-refractivity contribution in [2.75, 3.05) is 44.6 Å². The van der Waals surface area contributed by atoms with Crippen LogP contribution in [0.3, 0.4) is 0 Å². The first-order valence-electron chi connectivity index (χ1n) is 7.63. The van der Waals surface area contributed by atoms with E-state index in [0.717, 1.165) is 18.0 Å². The summed E-state index contributed by atoms with van der Waals surface area (Å²) in [7, 11) is 5.11. The Labute approximate surface area is 140 Å². The molecule has 24 heavy (non-hydrogen) atoms. The Morgan fingerprint density at radius 1 is 1.12 bits per heavy atom. The Hall–Kier alpha value is -2.89. The number of methoxy groups -OCH3 is 2. The Kier molecular flexibility index (Phi) is 4.46. The molecular formula is C18H20N2O4. The van der Waals surface area contributed by atoms with Gasteiger partial charge in [0.15, 0.2) is 0 Å². The highest BCUT2D eigenvalue weighted by molar-refractivity contribution is 6.05. The quantitative estimate of drug-likeness (QED) is 0.935. The standard InChI is InChI=1S/C18H20N2O4/c1-20-6-7-24-17-10-13(4-5-16(17)20)19-18(21)12-8-14(22-2)11-15(9-12)23-3/h4-5,8-11H,6-7H2,1-3H3,(H,19,21). The fourth-order valence-corrected chi connectivity index (χ4v) is 2.58. The van der Waals surface area contributed by atoms with Crippen molar-refractivity contribution in [3.8, 4) is 17.2 Å². The number of hydrogen-bond acceptors (Lipinski definition) is 5. The SMILES string of the molecule is COc1cc(OC)cc(C(=O)Nc2ccc3c(c2)OCCN3C)c1. The fourth-order valence-electron chi connectivity index (χ4n) is 2.58. The summed E-state index contributed by atoms with van der Waals surface area (Å²) in [6.07, 6.45) is 0. The average Bonchev–Trinajstić information content (AvgIpc) is 2.61. The van der Waals surface area contributed by atoms with Crippen molar-refractivity contribution in [2.24, 2.45) is 0 Å². The van der Waals surface area contributed by atoms with Gasteiger partial charge in [0, 0.05) is 30.4 Å². The molecule has 0 bridgehead atoms. The topological polar surface area (TPSA) is 60.0 Å². The number of nitrogens with one attached hydrogen (secondary N) is 1. The van der Waals surface area contributed by atoms with Gasteiger partial charge in [-0.25, -0.2) is 0 Å². The lowest BCUT2D eigenvalue weighted by molar-refractivity contribution is 0.102. The molecule has 1 heterocycles. The number of rotatable bonds is 4. The summed E-state index contributed by atoms with van der Waals surface area (Å²) in [5.41, 5.74) is 2.15. The molecule has 0 atom stereocenters. The van der Waals surface area contributed by atoms with Crippen molar-refractivity contribution in [3.63, 3.8) is 0 Å². The van der Waals surface area contributed by atoms with Crippen LogP contribution in [-0.4, -0.2) is 40.3 Å². The first kappa shape index (κ1) is 16.0. The van der Waals surface area contributed by atoms with Crippen molar-refractivity contribution in [1.82, 2.24) is 0 Å². The van der Waals surface area contributed by atoms with E-state index >= 15 is 0 Å². The predicted molar refractivity (Wildman–Crippen MR) is 92.7 cm³/mol.